The molecule has 4 bridgehead atoms. The Labute approximate surface area is 230 Å². The number of carbonyl (C=O) groups is 3. The Morgan fingerprint density at radius 1 is 1.15 bits per heavy atom. The Bertz CT molecular complexity index is 1190. The third kappa shape index (κ3) is 6.45. The van der Waals surface area contributed by atoms with Crippen LogP contribution in [0.25, 0.3) is 10.8 Å². The van der Waals surface area contributed by atoms with Crippen molar-refractivity contribution < 1.29 is 28.6 Å². The Morgan fingerprint density at radius 2 is 1.95 bits per heavy atom. The highest BCUT2D eigenvalue weighted by Crippen LogP contribution is 2.35. The molecule has 0 aliphatic carbocycles. The minimum Gasteiger partial charge on any atom is -0.472 e. The number of pyridine rings is 1. The van der Waals surface area contributed by atoms with E-state index >= 15 is 0 Å². The molecule has 1 saturated heterocycles. The summed E-state index contributed by atoms with van der Waals surface area (Å²) in [5.74, 6) is -0.348. The fourth-order valence-electron chi connectivity index (χ4n) is 5.56. The predicted molar refractivity (Wildman–Crippen MR) is 147 cm³/mol. The van der Waals surface area contributed by atoms with Gasteiger partial charge in [-0.1, -0.05) is 39.8 Å². The lowest BCUT2D eigenvalue weighted by Crippen LogP contribution is -2.59. The van der Waals surface area contributed by atoms with Crippen LogP contribution in [0.4, 0.5) is 4.79 Å². The Morgan fingerprint density at radius 3 is 2.67 bits per heavy atom. The normalized spacial score (nSPS) is 24.9. The summed E-state index contributed by atoms with van der Waals surface area (Å²) >= 11 is 0. The van der Waals surface area contributed by atoms with Gasteiger partial charge in [-0.05, 0) is 67.5 Å². The first-order valence-corrected chi connectivity index (χ1v) is 14.1. The number of esters is 1. The van der Waals surface area contributed by atoms with Gasteiger partial charge in [0.1, 0.15) is 18.2 Å². The van der Waals surface area contributed by atoms with Crippen molar-refractivity contribution in [3.63, 3.8) is 0 Å². The fourth-order valence-corrected chi connectivity index (χ4v) is 5.56. The number of amides is 2. The van der Waals surface area contributed by atoms with Gasteiger partial charge in [-0.3, -0.25) is 4.79 Å². The molecule has 4 rings (SSSR count). The van der Waals surface area contributed by atoms with Crippen LogP contribution in [-0.2, 0) is 25.5 Å². The number of aromatic nitrogens is 1. The van der Waals surface area contributed by atoms with Crippen LogP contribution in [0.3, 0.4) is 0 Å². The molecule has 9 heteroatoms. The molecule has 9 nitrogen and oxygen atoms in total. The lowest BCUT2D eigenvalue weighted by Gasteiger charge is -2.37. The number of aryl methyl sites for hydroxylation is 1. The molecule has 2 aromatic rings. The minimum atomic E-state index is -0.910. The summed E-state index contributed by atoms with van der Waals surface area (Å²) in [6, 6.07) is 6.07. The smallest absolute Gasteiger partial charge is 0.407 e. The van der Waals surface area contributed by atoms with E-state index in [0.29, 0.717) is 12.3 Å². The zero-order valence-corrected chi connectivity index (χ0v) is 23.7. The van der Waals surface area contributed by atoms with Gasteiger partial charge in [0, 0.05) is 18.0 Å². The number of hydrogen-bond donors (Lipinski definition) is 1. The molecule has 1 N–H and O–H groups in total. The lowest BCUT2D eigenvalue weighted by atomic mass is 9.85. The van der Waals surface area contributed by atoms with Crippen molar-refractivity contribution in [3.05, 3.63) is 36.0 Å². The maximum Gasteiger partial charge on any atom is 0.407 e. The highest BCUT2D eigenvalue weighted by molar-refractivity contribution is 5.91. The monoisotopic (exact) mass is 539 g/mol. The maximum atomic E-state index is 14.2. The summed E-state index contributed by atoms with van der Waals surface area (Å²) < 4.78 is 17.4. The maximum absolute atomic E-state index is 14.2. The molecule has 1 aromatic heterocycles. The fraction of sp³-hybridized carbons (Fsp3) is 0.600. The quantitative estimate of drug-likeness (QED) is 0.559. The third-order valence-electron chi connectivity index (χ3n) is 7.58. The molecule has 1 aromatic carbocycles. The van der Waals surface area contributed by atoms with Crippen LogP contribution in [0, 0.1) is 5.41 Å². The Kier molecular flexibility index (Phi) is 8.97. The van der Waals surface area contributed by atoms with Crippen LogP contribution >= 0.6 is 0 Å². The number of hydrogen-bond acceptors (Lipinski definition) is 7. The van der Waals surface area contributed by atoms with Gasteiger partial charge in [-0.2, -0.15) is 0 Å². The SMILES string of the molecule is CCOC(=O)[C@@H]1C[C@@H]2Oc3nccc4ccc(cc34)CCCCCOC(=O)N[C@@H](C(C)(C)C)C(=O)N1[C@@H]2CC. The number of nitrogens with zero attached hydrogens (tertiary/aromatic N) is 2. The van der Waals surface area contributed by atoms with E-state index in [9.17, 15) is 14.4 Å². The molecule has 0 radical (unpaired) electrons. The molecule has 3 heterocycles. The van der Waals surface area contributed by atoms with Gasteiger partial charge < -0.3 is 24.4 Å². The number of rotatable bonds is 3. The van der Waals surface area contributed by atoms with E-state index < -0.39 is 41.7 Å². The van der Waals surface area contributed by atoms with Crippen LogP contribution in [0.2, 0.25) is 0 Å². The van der Waals surface area contributed by atoms with Crippen molar-refractivity contribution in [1.29, 1.82) is 0 Å². The summed E-state index contributed by atoms with van der Waals surface area (Å²) in [6.07, 6.45) is 4.87. The highest BCUT2D eigenvalue weighted by Gasteiger charge is 2.51. The van der Waals surface area contributed by atoms with E-state index in [1.165, 1.54) is 5.56 Å². The summed E-state index contributed by atoms with van der Waals surface area (Å²) in [5.41, 5.74) is 0.536. The minimum absolute atomic E-state index is 0.195. The van der Waals surface area contributed by atoms with E-state index in [0.717, 1.165) is 36.5 Å². The summed E-state index contributed by atoms with van der Waals surface area (Å²) in [6.45, 7) is 9.80. The molecule has 2 amide bonds. The molecule has 39 heavy (non-hydrogen) atoms. The van der Waals surface area contributed by atoms with Crippen LogP contribution in [-0.4, -0.2) is 65.3 Å². The molecule has 0 unspecified atom stereocenters. The average molecular weight is 540 g/mol. The lowest BCUT2D eigenvalue weighted by molar-refractivity contribution is -0.156. The van der Waals surface area contributed by atoms with Gasteiger partial charge >= 0.3 is 12.1 Å². The van der Waals surface area contributed by atoms with Crippen molar-refractivity contribution >= 4 is 28.7 Å². The number of ether oxygens (including phenoxy) is 3. The zero-order valence-electron chi connectivity index (χ0n) is 23.7. The first-order valence-electron chi connectivity index (χ1n) is 14.1. The number of nitrogens with one attached hydrogen (secondary N) is 1. The van der Waals surface area contributed by atoms with Gasteiger partial charge in [0.05, 0.1) is 19.3 Å². The van der Waals surface area contributed by atoms with Crippen molar-refractivity contribution in [2.24, 2.45) is 5.41 Å². The van der Waals surface area contributed by atoms with Crippen LogP contribution in [0.5, 0.6) is 5.88 Å². The van der Waals surface area contributed by atoms with Crippen molar-refractivity contribution in [2.75, 3.05) is 13.2 Å². The number of fused-ring (bicyclic) bond motifs is 3. The molecule has 2 aliphatic heterocycles. The van der Waals surface area contributed by atoms with E-state index in [2.05, 4.69) is 28.5 Å². The first kappa shape index (κ1) is 28.6. The summed E-state index contributed by atoms with van der Waals surface area (Å²) in [5, 5.41) is 4.72. The molecule has 212 valence electrons. The predicted octanol–water partition coefficient (Wildman–Crippen LogP) is 4.79. The third-order valence-corrected chi connectivity index (χ3v) is 7.58. The number of benzene rings is 1. The van der Waals surface area contributed by atoms with Gasteiger partial charge in [0.2, 0.25) is 11.8 Å². The van der Waals surface area contributed by atoms with Crippen LogP contribution in [0.15, 0.2) is 30.5 Å². The molecular weight excluding hydrogens is 498 g/mol. The number of carbonyl (C=O) groups excluding carboxylic acids is 3. The van der Waals surface area contributed by atoms with Gasteiger partial charge in [0.25, 0.3) is 0 Å². The van der Waals surface area contributed by atoms with Gasteiger partial charge in [-0.25, -0.2) is 14.6 Å². The van der Waals surface area contributed by atoms with Crippen molar-refractivity contribution in [1.82, 2.24) is 15.2 Å². The summed E-state index contributed by atoms with van der Waals surface area (Å²) in [4.78, 5) is 46.2. The topological polar surface area (TPSA) is 107 Å². The van der Waals surface area contributed by atoms with Crippen LogP contribution < -0.4 is 10.1 Å². The first-order chi connectivity index (χ1) is 18.6. The van der Waals surface area contributed by atoms with E-state index in [1.807, 2.05) is 33.8 Å². The second-order valence-electron chi connectivity index (χ2n) is 11.4. The molecule has 0 saturated carbocycles. The molecule has 2 aliphatic rings. The number of cyclic esters (lactones) is 1. The number of alkyl carbamates (subject to hydrolysis) is 1. The Balaban J connectivity index is 1.78. The van der Waals surface area contributed by atoms with Crippen LogP contribution in [0.1, 0.15) is 72.3 Å². The Hall–Kier alpha value is -3.36. The zero-order chi connectivity index (χ0) is 28.2. The largest absolute Gasteiger partial charge is 0.472 e. The van der Waals surface area contributed by atoms with Crippen molar-refractivity contribution in [2.45, 2.75) is 97.4 Å². The second kappa shape index (κ2) is 12.2. The second-order valence-corrected chi connectivity index (χ2v) is 11.4. The van der Waals surface area contributed by atoms with Gasteiger partial charge in [-0.15, -0.1) is 0 Å². The average Bonchev–Trinajstić information content (AvgIpc) is 3.26. The van der Waals surface area contributed by atoms with E-state index in [4.69, 9.17) is 14.2 Å². The van der Waals surface area contributed by atoms with Crippen molar-refractivity contribution in [3.8, 4) is 5.88 Å². The molecule has 0 spiro atoms. The van der Waals surface area contributed by atoms with E-state index in [1.54, 1.807) is 18.0 Å². The van der Waals surface area contributed by atoms with Gasteiger partial charge in [0.15, 0.2) is 0 Å². The molecule has 1 fully saturated rings. The molecular formula is C30H41N3O6. The molecule has 4 atom stereocenters. The van der Waals surface area contributed by atoms with E-state index in [-0.39, 0.29) is 25.5 Å². The standard InChI is InChI=1S/C30H41N3O6/c1-6-22-24-18-23(28(35)37-7-2)33(22)27(34)25(30(3,4)5)32-29(36)38-16-10-8-9-11-19-12-13-20-14-15-31-26(39-24)21(20)17-19/h12-15,17,22-25H,6-11,16,18H2,1-5H3,(H,32,36)/t22-,23+,24+,25-/m1/s1. The summed E-state index contributed by atoms with van der Waals surface area (Å²) in [7, 11) is 0. The highest BCUT2D eigenvalue weighted by atomic mass is 16.5.